The normalized spacial score (nSPS) is 10.5. The molecule has 0 aliphatic heterocycles. The summed E-state index contributed by atoms with van der Waals surface area (Å²) >= 11 is 5.79. The van der Waals surface area contributed by atoms with Crippen LogP contribution in [0.3, 0.4) is 0 Å². The highest BCUT2D eigenvalue weighted by Crippen LogP contribution is 2.12. The fourth-order valence-corrected chi connectivity index (χ4v) is 1.63. The summed E-state index contributed by atoms with van der Waals surface area (Å²) in [6.07, 6.45) is 5.47. The first-order valence-electron chi connectivity index (χ1n) is 5.34. The molecule has 0 heterocycles. The summed E-state index contributed by atoms with van der Waals surface area (Å²) in [6.45, 7) is 0.445. The highest BCUT2D eigenvalue weighted by molar-refractivity contribution is 6.30. The first-order chi connectivity index (χ1) is 7.33. The second-order valence-electron chi connectivity index (χ2n) is 3.62. The van der Waals surface area contributed by atoms with Gasteiger partial charge in [0.2, 0.25) is 0 Å². The van der Waals surface area contributed by atoms with Crippen molar-refractivity contribution >= 4 is 11.6 Å². The molecule has 0 aliphatic carbocycles. The van der Waals surface area contributed by atoms with Gasteiger partial charge in [-0.05, 0) is 37.0 Å². The van der Waals surface area contributed by atoms with E-state index in [-0.39, 0.29) is 0 Å². The van der Waals surface area contributed by atoms with E-state index in [1.54, 1.807) is 0 Å². The molecule has 3 heteroatoms. The summed E-state index contributed by atoms with van der Waals surface area (Å²) in [5.41, 5.74) is 1.33. The number of benzene rings is 1. The molecule has 0 aliphatic rings. The number of unbranched alkanes of at least 4 members (excludes halogenated alkanes) is 3. The highest BCUT2D eigenvalue weighted by Gasteiger charge is 1.94. The SMILES string of the molecule is [N]OCCCCCCc1ccc(Cl)cc1. The van der Waals surface area contributed by atoms with Crippen LogP contribution < -0.4 is 5.90 Å². The number of hydrogen-bond donors (Lipinski definition) is 0. The van der Waals surface area contributed by atoms with Gasteiger partial charge in [-0.25, -0.2) is 0 Å². The van der Waals surface area contributed by atoms with Crippen LogP contribution in [0.2, 0.25) is 5.02 Å². The lowest BCUT2D eigenvalue weighted by Gasteiger charge is -2.01. The number of nitrogens with zero attached hydrogens (tertiary/aromatic N) is 1. The number of hydrogen-bond acceptors (Lipinski definition) is 1. The van der Waals surface area contributed by atoms with Crippen LogP contribution in [0.5, 0.6) is 0 Å². The zero-order valence-corrected chi connectivity index (χ0v) is 9.54. The molecule has 0 N–H and O–H groups in total. The smallest absolute Gasteiger partial charge is 0.0720 e. The van der Waals surface area contributed by atoms with Crippen molar-refractivity contribution in [2.75, 3.05) is 6.61 Å². The molecule has 0 spiro atoms. The van der Waals surface area contributed by atoms with Crippen LogP contribution in [0.4, 0.5) is 0 Å². The maximum Gasteiger partial charge on any atom is 0.0720 e. The highest BCUT2D eigenvalue weighted by atomic mass is 35.5. The average Bonchev–Trinajstić information content (AvgIpc) is 2.26. The third kappa shape index (κ3) is 5.78. The monoisotopic (exact) mass is 225 g/mol. The summed E-state index contributed by atoms with van der Waals surface area (Å²) in [5, 5.41) is 0.791. The van der Waals surface area contributed by atoms with Crippen LogP contribution >= 0.6 is 11.6 Å². The molecule has 0 saturated heterocycles. The van der Waals surface area contributed by atoms with Gasteiger partial charge in [0.05, 0.1) is 6.61 Å². The Labute approximate surface area is 96.3 Å². The molecule has 0 unspecified atom stereocenters. The van der Waals surface area contributed by atoms with Gasteiger partial charge in [0.15, 0.2) is 0 Å². The second kappa shape index (κ2) is 7.69. The minimum atomic E-state index is 0.445. The van der Waals surface area contributed by atoms with Gasteiger partial charge >= 0.3 is 0 Å². The third-order valence-electron chi connectivity index (χ3n) is 2.36. The molecule has 1 aromatic rings. The summed E-state index contributed by atoms with van der Waals surface area (Å²) in [4.78, 5) is 4.01. The summed E-state index contributed by atoms with van der Waals surface area (Å²) in [7, 11) is 0. The van der Waals surface area contributed by atoms with E-state index >= 15 is 0 Å². The number of rotatable bonds is 7. The first kappa shape index (κ1) is 12.5. The van der Waals surface area contributed by atoms with Crippen LogP contribution in [0.1, 0.15) is 31.2 Å². The Bertz CT molecular complexity index is 261. The molecule has 0 saturated carbocycles. The van der Waals surface area contributed by atoms with E-state index in [1.165, 1.54) is 18.4 Å². The van der Waals surface area contributed by atoms with Crippen LogP contribution in [0.15, 0.2) is 24.3 Å². The quantitative estimate of drug-likeness (QED) is 0.517. The van der Waals surface area contributed by atoms with E-state index in [4.69, 9.17) is 17.5 Å². The van der Waals surface area contributed by atoms with Crippen molar-refractivity contribution in [3.63, 3.8) is 0 Å². The summed E-state index contributed by atoms with van der Waals surface area (Å²) < 4.78 is 0. The fourth-order valence-electron chi connectivity index (χ4n) is 1.50. The molecule has 15 heavy (non-hydrogen) atoms. The molecule has 0 fully saturated rings. The van der Waals surface area contributed by atoms with Gasteiger partial charge in [-0.3, -0.25) is 4.84 Å². The van der Waals surface area contributed by atoms with Crippen molar-refractivity contribution in [2.45, 2.75) is 32.1 Å². The lowest BCUT2D eigenvalue weighted by Crippen LogP contribution is -1.91. The fraction of sp³-hybridized carbons (Fsp3) is 0.500. The van der Waals surface area contributed by atoms with Gasteiger partial charge in [0.25, 0.3) is 0 Å². The van der Waals surface area contributed by atoms with Gasteiger partial charge in [0, 0.05) is 10.9 Å². The molecule has 0 amide bonds. The zero-order chi connectivity index (χ0) is 10.9. The van der Waals surface area contributed by atoms with Crippen LogP contribution in [-0.2, 0) is 11.3 Å². The minimum absolute atomic E-state index is 0.445. The third-order valence-corrected chi connectivity index (χ3v) is 2.62. The van der Waals surface area contributed by atoms with Crippen molar-refractivity contribution in [3.8, 4) is 0 Å². The van der Waals surface area contributed by atoms with Crippen molar-refractivity contribution in [1.29, 1.82) is 0 Å². The van der Waals surface area contributed by atoms with Gasteiger partial charge in [-0.2, -0.15) is 0 Å². The molecule has 1 aromatic carbocycles. The van der Waals surface area contributed by atoms with E-state index in [9.17, 15) is 0 Å². The van der Waals surface area contributed by atoms with Gasteiger partial charge < -0.3 is 0 Å². The van der Waals surface area contributed by atoms with E-state index in [0.717, 1.165) is 24.3 Å². The van der Waals surface area contributed by atoms with Crippen molar-refractivity contribution in [1.82, 2.24) is 5.90 Å². The van der Waals surface area contributed by atoms with Gasteiger partial charge in [-0.1, -0.05) is 36.6 Å². The predicted molar refractivity (Wildman–Crippen MR) is 61.7 cm³/mol. The molecule has 82 valence electrons. The summed E-state index contributed by atoms with van der Waals surface area (Å²) in [5.74, 6) is 8.11. The first-order valence-corrected chi connectivity index (χ1v) is 5.71. The molecular formula is C12H16ClNO. The zero-order valence-electron chi connectivity index (χ0n) is 8.79. The predicted octanol–water partition coefficient (Wildman–Crippen LogP) is 3.44. The van der Waals surface area contributed by atoms with Crippen LogP contribution in [0.25, 0.3) is 0 Å². The molecule has 1 rings (SSSR count). The minimum Gasteiger partial charge on any atom is -0.264 e. The molecular weight excluding hydrogens is 210 g/mol. The maximum atomic E-state index is 8.11. The largest absolute Gasteiger partial charge is 0.264 e. The van der Waals surface area contributed by atoms with Crippen molar-refractivity contribution < 1.29 is 4.84 Å². The lowest BCUT2D eigenvalue weighted by atomic mass is 10.1. The molecule has 0 aromatic heterocycles. The Balaban J connectivity index is 2.07. The average molecular weight is 226 g/mol. The topological polar surface area (TPSA) is 31.5 Å². The number of halogens is 1. The van der Waals surface area contributed by atoms with Crippen molar-refractivity contribution in [3.05, 3.63) is 34.9 Å². The van der Waals surface area contributed by atoms with E-state index < -0.39 is 0 Å². The Hall–Kier alpha value is -0.570. The lowest BCUT2D eigenvalue weighted by molar-refractivity contribution is 0.114. The van der Waals surface area contributed by atoms with E-state index in [1.807, 2.05) is 12.1 Å². The molecule has 2 nitrogen and oxygen atoms in total. The van der Waals surface area contributed by atoms with Crippen LogP contribution in [0, 0.1) is 0 Å². The van der Waals surface area contributed by atoms with Crippen molar-refractivity contribution in [2.24, 2.45) is 0 Å². The Kier molecular flexibility index (Phi) is 6.41. The standard InChI is InChI=1S/C12H16ClNO/c13-12-8-6-11(7-9-12)5-3-1-2-4-10-15-14/h6-9H,1-5,10H2. The Morgan fingerprint density at radius 2 is 1.67 bits per heavy atom. The number of aryl methyl sites for hydroxylation is 1. The second-order valence-corrected chi connectivity index (χ2v) is 4.06. The van der Waals surface area contributed by atoms with Gasteiger partial charge in [-0.15, -0.1) is 0 Å². The maximum absolute atomic E-state index is 8.11. The Morgan fingerprint density at radius 1 is 1.00 bits per heavy atom. The van der Waals surface area contributed by atoms with E-state index in [0.29, 0.717) is 6.61 Å². The molecule has 2 radical (unpaired) electrons. The molecule has 0 atom stereocenters. The Morgan fingerprint density at radius 3 is 2.33 bits per heavy atom. The summed E-state index contributed by atoms with van der Waals surface area (Å²) in [6, 6.07) is 7.99. The van der Waals surface area contributed by atoms with Crippen LogP contribution in [-0.4, -0.2) is 6.61 Å². The van der Waals surface area contributed by atoms with E-state index in [2.05, 4.69) is 17.0 Å². The molecule has 0 bridgehead atoms. The van der Waals surface area contributed by atoms with Gasteiger partial charge in [0.1, 0.15) is 0 Å².